The van der Waals surface area contributed by atoms with Gasteiger partial charge in [0.05, 0.1) is 6.54 Å². The van der Waals surface area contributed by atoms with Gasteiger partial charge in [-0.25, -0.2) is 4.39 Å². The summed E-state index contributed by atoms with van der Waals surface area (Å²) in [6.07, 6.45) is 1.49. The predicted octanol–water partition coefficient (Wildman–Crippen LogP) is 4.19. The first-order chi connectivity index (χ1) is 13.2. The molecule has 0 spiro atoms. The van der Waals surface area contributed by atoms with Crippen molar-refractivity contribution in [1.29, 1.82) is 0 Å². The average molecular weight is 362 g/mol. The number of anilines is 1. The Morgan fingerprint density at radius 3 is 2.30 bits per heavy atom. The number of amides is 1. The second-order valence-corrected chi connectivity index (χ2v) is 6.40. The molecule has 0 saturated heterocycles. The van der Waals surface area contributed by atoms with E-state index < -0.39 is 0 Å². The van der Waals surface area contributed by atoms with Crippen LogP contribution >= 0.6 is 0 Å². The van der Waals surface area contributed by atoms with E-state index in [9.17, 15) is 9.18 Å². The molecule has 27 heavy (non-hydrogen) atoms. The molecule has 2 N–H and O–H groups in total. The van der Waals surface area contributed by atoms with Gasteiger partial charge in [0.15, 0.2) is 0 Å². The first-order valence-electron chi connectivity index (χ1n) is 9.07. The van der Waals surface area contributed by atoms with Crippen LogP contribution in [0.2, 0.25) is 0 Å². The first-order valence-corrected chi connectivity index (χ1v) is 9.07. The van der Waals surface area contributed by atoms with Crippen molar-refractivity contribution in [2.75, 3.05) is 18.4 Å². The minimum atomic E-state index is -0.249. The van der Waals surface area contributed by atoms with Crippen molar-refractivity contribution in [3.8, 4) is 0 Å². The number of carbonyl (C=O) groups excluding carboxylic acids is 1. The van der Waals surface area contributed by atoms with Crippen molar-refractivity contribution in [3.63, 3.8) is 0 Å². The summed E-state index contributed by atoms with van der Waals surface area (Å²) in [4.78, 5) is 12.1. The third-order valence-corrected chi connectivity index (χ3v) is 4.34. The lowest BCUT2D eigenvalue weighted by molar-refractivity contribution is -0.119. The van der Waals surface area contributed by atoms with Crippen LogP contribution in [0, 0.1) is 5.82 Å². The van der Waals surface area contributed by atoms with E-state index in [0.717, 1.165) is 23.2 Å². The molecular formula is C23H23FN2O. The Bertz CT molecular complexity index is 863. The molecule has 0 bridgehead atoms. The molecule has 0 heterocycles. The highest BCUT2D eigenvalue weighted by Gasteiger charge is 2.06. The number of halogens is 1. The van der Waals surface area contributed by atoms with Crippen molar-refractivity contribution in [3.05, 3.63) is 101 Å². The molecule has 0 atom stereocenters. The van der Waals surface area contributed by atoms with Gasteiger partial charge in [-0.2, -0.15) is 0 Å². The number of benzene rings is 3. The monoisotopic (exact) mass is 362 g/mol. The molecule has 0 fully saturated rings. The molecule has 0 unspecified atom stereocenters. The average Bonchev–Trinajstić information content (AvgIpc) is 2.70. The van der Waals surface area contributed by atoms with Crippen LogP contribution in [0.4, 0.5) is 10.1 Å². The van der Waals surface area contributed by atoms with Crippen LogP contribution < -0.4 is 10.6 Å². The molecule has 0 radical (unpaired) electrons. The zero-order valence-electron chi connectivity index (χ0n) is 15.1. The van der Waals surface area contributed by atoms with Gasteiger partial charge in [0.2, 0.25) is 5.91 Å². The SMILES string of the molecule is O=C(CNc1ccccc1Cc1ccccc1)NCCc1ccc(F)cc1. The summed E-state index contributed by atoms with van der Waals surface area (Å²) >= 11 is 0. The van der Waals surface area contributed by atoms with Gasteiger partial charge in [0, 0.05) is 12.2 Å². The van der Waals surface area contributed by atoms with Crippen molar-refractivity contribution < 1.29 is 9.18 Å². The molecule has 3 rings (SSSR count). The second-order valence-electron chi connectivity index (χ2n) is 6.40. The summed E-state index contributed by atoms with van der Waals surface area (Å²) < 4.78 is 12.9. The Hall–Kier alpha value is -3.14. The van der Waals surface area contributed by atoms with E-state index in [1.165, 1.54) is 17.7 Å². The maximum absolute atomic E-state index is 12.9. The summed E-state index contributed by atoms with van der Waals surface area (Å²) in [6, 6.07) is 24.6. The maximum Gasteiger partial charge on any atom is 0.239 e. The molecule has 0 aliphatic heterocycles. The summed E-state index contributed by atoms with van der Waals surface area (Å²) in [6.45, 7) is 0.743. The van der Waals surface area contributed by atoms with Crippen LogP contribution in [0.5, 0.6) is 0 Å². The van der Waals surface area contributed by atoms with Gasteiger partial charge >= 0.3 is 0 Å². The van der Waals surface area contributed by atoms with E-state index >= 15 is 0 Å². The van der Waals surface area contributed by atoms with Gasteiger partial charge in [-0.15, -0.1) is 0 Å². The van der Waals surface area contributed by atoms with Crippen LogP contribution in [-0.2, 0) is 17.6 Å². The summed E-state index contributed by atoms with van der Waals surface area (Å²) in [7, 11) is 0. The van der Waals surface area contributed by atoms with Crippen molar-refractivity contribution >= 4 is 11.6 Å². The van der Waals surface area contributed by atoms with Gasteiger partial charge in [-0.3, -0.25) is 4.79 Å². The van der Waals surface area contributed by atoms with E-state index in [-0.39, 0.29) is 18.3 Å². The molecule has 0 saturated carbocycles. The highest BCUT2D eigenvalue weighted by molar-refractivity contribution is 5.81. The highest BCUT2D eigenvalue weighted by atomic mass is 19.1. The number of para-hydroxylation sites is 1. The fraction of sp³-hybridized carbons (Fsp3) is 0.174. The third-order valence-electron chi connectivity index (χ3n) is 4.34. The highest BCUT2D eigenvalue weighted by Crippen LogP contribution is 2.18. The fourth-order valence-corrected chi connectivity index (χ4v) is 2.90. The summed E-state index contributed by atoms with van der Waals surface area (Å²) in [5, 5.41) is 6.12. The maximum atomic E-state index is 12.9. The molecule has 3 aromatic carbocycles. The third kappa shape index (κ3) is 5.96. The van der Waals surface area contributed by atoms with E-state index in [1.54, 1.807) is 12.1 Å². The molecule has 138 valence electrons. The second kappa shape index (κ2) is 9.53. The first kappa shape index (κ1) is 18.6. The number of carbonyl (C=O) groups is 1. The van der Waals surface area contributed by atoms with E-state index in [4.69, 9.17) is 0 Å². The largest absolute Gasteiger partial charge is 0.376 e. The van der Waals surface area contributed by atoms with E-state index in [1.807, 2.05) is 36.4 Å². The van der Waals surface area contributed by atoms with Gasteiger partial charge in [-0.05, 0) is 47.7 Å². The summed E-state index contributed by atoms with van der Waals surface area (Å²) in [5.41, 5.74) is 4.35. The molecule has 0 aliphatic carbocycles. The van der Waals surface area contributed by atoms with Gasteiger partial charge in [0.25, 0.3) is 0 Å². The fourth-order valence-electron chi connectivity index (χ4n) is 2.90. The van der Waals surface area contributed by atoms with Gasteiger partial charge < -0.3 is 10.6 Å². The normalized spacial score (nSPS) is 10.4. The quantitative estimate of drug-likeness (QED) is 0.631. The number of nitrogens with one attached hydrogen (secondary N) is 2. The minimum absolute atomic E-state index is 0.0633. The Morgan fingerprint density at radius 1 is 0.815 bits per heavy atom. The van der Waals surface area contributed by atoms with Crippen LogP contribution in [-0.4, -0.2) is 19.0 Å². The number of rotatable bonds is 8. The Kier molecular flexibility index (Phi) is 6.58. The van der Waals surface area contributed by atoms with Crippen LogP contribution in [0.1, 0.15) is 16.7 Å². The smallest absolute Gasteiger partial charge is 0.239 e. The lowest BCUT2D eigenvalue weighted by Crippen LogP contribution is -2.31. The summed E-state index contributed by atoms with van der Waals surface area (Å²) in [5.74, 6) is -0.312. The van der Waals surface area contributed by atoms with Crippen LogP contribution in [0.25, 0.3) is 0 Å². The standard InChI is InChI=1S/C23H23FN2O/c24-21-12-10-18(11-13-21)14-15-25-23(27)17-26-22-9-5-4-8-20(22)16-19-6-2-1-3-7-19/h1-13,26H,14-17H2,(H,25,27). The topological polar surface area (TPSA) is 41.1 Å². The van der Waals surface area contributed by atoms with Crippen molar-refractivity contribution in [2.24, 2.45) is 0 Å². The zero-order valence-corrected chi connectivity index (χ0v) is 15.1. The van der Waals surface area contributed by atoms with Crippen molar-refractivity contribution in [1.82, 2.24) is 5.32 Å². The minimum Gasteiger partial charge on any atom is -0.376 e. The predicted molar refractivity (Wildman–Crippen MR) is 107 cm³/mol. The van der Waals surface area contributed by atoms with Crippen LogP contribution in [0.15, 0.2) is 78.9 Å². The Balaban J connectivity index is 1.48. The number of hydrogen-bond acceptors (Lipinski definition) is 2. The zero-order chi connectivity index (χ0) is 18.9. The Labute approximate surface area is 159 Å². The van der Waals surface area contributed by atoms with E-state index in [0.29, 0.717) is 13.0 Å². The van der Waals surface area contributed by atoms with Crippen LogP contribution in [0.3, 0.4) is 0 Å². The molecule has 0 aromatic heterocycles. The van der Waals surface area contributed by atoms with Gasteiger partial charge in [0.1, 0.15) is 5.82 Å². The van der Waals surface area contributed by atoms with Crippen molar-refractivity contribution in [2.45, 2.75) is 12.8 Å². The lowest BCUT2D eigenvalue weighted by atomic mass is 10.0. The number of hydrogen-bond donors (Lipinski definition) is 2. The van der Waals surface area contributed by atoms with E-state index in [2.05, 4.69) is 28.8 Å². The van der Waals surface area contributed by atoms with Gasteiger partial charge in [-0.1, -0.05) is 60.7 Å². The molecule has 1 amide bonds. The Morgan fingerprint density at radius 2 is 1.52 bits per heavy atom. The lowest BCUT2D eigenvalue weighted by Gasteiger charge is -2.12. The molecule has 3 aromatic rings. The molecule has 3 nitrogen and oxygen atoms in total. The molecule has 0 aliphatic rings. The molecule has 4 heteroatoms. The molecular weight excluding hydrogens is 339 g/mol.